The zero-order valence-corrected chi connectivity index (χ0v) is 38.8. The number of hydrogen-bond donors (Lipinski definition) is 0. The summed E-state index contributed by atoms with van der Waals surface area (Å²) in [5, 5.41) is 0. The molecule has 318 valence electrons. The number of halogens is 2. The first-order valence-electron chi connectivity index (χ1n) is 21.7. The molecule has 0 amide bonds. The zero-order valence-electron chi connectivity index (χ0n) is 38.8. The van der Waals surface area contributed by atoms with Crippen LogP contribution in [0.25, 0.3) is 33.5 Å². The van der Waals surface area contributed by atoms with Gasteiger partial charge in [0.2, 0.25) is 0 Å². The van der Waals surface area contributed by atoms with Crippen LogP contribution in [0.15, 0.2) is 144 Å². The molecule has 3 nitrogen and oxygen atoms in total. The average Bonchev–Trinajstić information content (AvgIpc) is 3.84. The molecule has 1 aliphatic heterocycles. The predicted octanol–water partition coefficient (Wildman–Crippen LogP) is 15.1. The summed E-state index contributed by atoms with van der Waals surface area (Å²) in [6.07, 6.45) is 2.12. The van der Waals surface area contributed by atoms with Gasteiger partial charge < -0.3 is 9.21 Å². The summed E-state index contributed by atoms with van der Waals surface area (Å²) in [4.78, 5) is 5.49. The minimum atomic E-state index is -2.88. The lowest BCUT2D eigenvalue weighted by Crippen LogP contribution is -2.18. The molecule has 2 heterocycles. The fraction of sp³-hybridized carbons (Fsp3) is 0.304. The second kappa shape index (κ2) is 16.5. The van der Waals surface area contributed by atoms with Gasteiger partial charge in [-0.2, -0.15) is 0 Å². The lowest BCUT2D eigenvalue weighted by Gasteiger charge is -2.22. The molecule has 1 aliphatic rings. The maximum atomic E-state index is 16.4. The van der Waals surface area contributed by atoms with Crippen LogP contribution in [-0.2, 0) is 21.7 Å². The highest BCUT2D eigenvalue weighted by molar-refractivity contribution is 6.42. The first-order chi connectivity index (χ1) is 29.0. The minimum absolute atomic E-state index is 0.0225. The molecule has 0 bridgehead atoms. The van der Waals surface area contributed by atoms with E-state index in [2.05, 4.69) is 174 Å². The molecule has 62 heavy (non-hydrogen) atoms. The van der Waals surface area contributed by atoms with Crippen LogP contribution in [0, 0.1) is 0 Å². The average molecular weight is 827 g/mol. The van der Waals surface area contributed by atoms with Crippen LogP contribution < -0.4 is 4.74 Å². The van der Waals surface area contributed by atoms with Crippen molar-refractivity contribution < 1.29 is 13.4 Å². The van der Waals surface area contributed by atoms with Crippen LogP contribution >= 0.6 is 0 Å². The van der Waals surface area contributed by atoms with Gasteiger partial charge in [-0.1, -0.05) is 192 Å². The quantitative estimate of drug-likeness (QED) is 0.140. The van der Waals surface area contributed by atoms with E-state index >= 15 is 8.63 Å². The van der Waals surface area contributed by atoms with Gasteiger partial charge in [-0.05, 0) is 90.4 Å². The van der Waals surface area contributed by atoms with E-state index in [0.29, 0.717) is 39.5 Å². The van der Waals surface area contributed by atoms with E-state index in [9.17, 15) is 0 Å². The van der Waals surface area contributed by atoms with Crippen LogP contribution in [0.1, 0.15) is 128 Å². The first kappa shape index (κ1) is 44.3. The molecule has 1 aromatic heterocycles. The number of benzene rings is 5. The smallest absolute Gasteiger partial charge is 0.497 e. The number of ether oxygens (including phenoxy) is 1. The molecule has 5 aromatic carbocycles. The van der Waals surface area contributed by atoms with E-state index in [1.54, 1.807) is 7.11 Å². The molecule has 0 saturated carbocycles. The Hall–Kier alpha value is -5.75. The summed E-state index contributed by atoms with van der Waals surface area (Å²) in [5.41, 5.74) is 13.0. The minimum Gasteiger partial charge on any atom is -0.497 e. The zero-order chi connectivity index (χ0) is 44.9. The van der Waals surface area contributed by atoms with Crippen molar-refractivity contribution in [3.05, 3.63) is 184 Å². The van der Waals surface area contributed by atoms with E-state index in [0.717, 1.165) is 44.7 Å². The van der Waals surface area contributed by atoms with Gasteiger partial charge in [0.15, 0.2) is 0 Å². The highest BCUT2D eigenvalue weighted by Crippen LogP contribution is 2.46. The van der Waals surface area contributed by atoms with Crippen LogP contribution in [-0.4, -0.2) is 24.7 Å². The van der Waals surface area contributed by atoms with Crippen molar-refractivity contribution in [1.82, 2.24) is 4.48 Å². The van der Waals surface area contributed by atoms with Crippen molar-refractivity contribution in [1.29, 1.82) is 0 Å². The standard InChI is InChI=1S/C56H61BF2N2O/c1-53(2,3)41-24-14-36(15-25-41)46-34-48(38-18-28-43(29-19-38)55(7,8)9)60-51(46)50(40-22-32-45(62-13)33-23-40)52-47(37-16-26-42(27-17-37)54(4,5)6)35-49(61(52)57(58)59)39-20-30-44(31-21-39)56(10,11)12/h14-35H,1-13H3/b51-50-. The number of hydrogen-bond acceptors (Lipinski definition) is 2. The van der Waals surface area contributed by atoms with Crippen molar-refractivity contribution in [3.8, 4) is 28.1 Å². The van der Waals surface area contributed by atoms with Gasteiger partial charge in [0.25, 0.3) is 0 Å². The fourth-order valence-electron chi connectivity index (χ4n) is 8.13. The Labute approximate surface area is 369 Å². The number of allylic oxidation sites excluding steroid dienone is 2. The van der Waals surface area contributed by atoms with E-state index in [-0.39, 0.29) is 21.7 Å². The normalized spacial score (nSPS) is 14.4. The summed E-state index contributed by atoms with van der Waals surface area (Å²) >= 11 is 0. The third-order valence-electron chi connectivity index (χ3n) is 12.1. The van der Waals surface area contributed by atoms with Gasteiger partial charge in [0.05, 0.1) is 24.2 Å². The number of aromatic nitrogens is 1. The van der Waals surface area contributed by atoms with Gasteiger partial charge >= 0.3 is 7.40 Å². The molecular weight excluding hydrogens is 765 g/mol. The monoisotopic (exact) mass is 826 g/mol. The number of nitrogens with zero attached hydrogens (tertiary/aromatic N) is 2. The van der Waals surface area contributed by atoms with E-state index < -0.39 is 7.40 Å². The molecule has 0 saturated heterocycles. The van der Waals surface area contributed by atoms with E-state index in [1.807, 2.05) is 42.5 Å². The van der Waals surface area contributed by atoms with Crippen molar-refractivity contribution in [2.45, 2.75) is 105 Å². The second-order valence-corrected chi connectivity index (χ2v) is 20.8. The predicted molar refractivity (Wildman–Crippen MR) is 260 cm³/mol. The van der Waals surface area contributed by atoms with Crippen LogP contribution in [0.3, 0.4) is 0 Å². The Balaban J connectivity index is 1.60. The molecular formula is C56H61BF2N2O. The molecule has 0 aliphatic carbocycles. The van der Waals surface area contributed by atoms with Gasteiger partial charge in [-0.3, -0.25) is 8.63 Å². The Morgan fingerprint density at radius 1 is 0.516 bits per heavy atom. The molecule has 0 radical (unpaired) electrons. The van der Waals surface area contributed by atoms with Gasteiger partial charge in [-0.15, -0.1) is 0 Å². The van der Waals surface area contributed by atoms with Crippen molar-refractivity contribution in [2.24, 2.45) is 4.99 Å². The SMILES string of the molecule is COc1ccc(/C(=C2/N=C(c3ccc(C(C)(C)C)cc3)C=C2c2ccc(C(C)(C)C)cc2)c2c(-c3ccc(C(C)(C)C)cc3)cc(-c3ccc(C(C)(C)C)cc3)n2B(F)F)cc1. The Bertz CT molecular complexity index is 2650. The lowest BCUT2D eigenvalue weighted by molar-refractivity contribution is 0.415. The Morgan fingerprint density at radius 2 is 0.919 bits per heavy atom. The summed E-state index contributed by atoms with van der Waals surface area (Å²) in [6.45, 7) is 26.2. The number of rotatable bonds is 8. The molecule has 6 heteroatoms. The topological polar surface area (TPSA) is 26.5 Å². The van der Waals surface area contributed by atoms with Crippen molar-refractivity contribution >= 4 is 24.3 Å². The van der Waals surface area contributed by atoms with Gasteiger partial charge in [0.1, 0.15) is 5.75 Å². The van der Waals surface area contributed by atoms with E-state index in [4.69, 9.17) is 9.73 Å². The third-order valence-corrected chi connectivity index (χ3v) is 12.1. The van der Waals surface area contributed by atoms with Crippen LogP contribution in [0.5, 0.6) is 5.75 Å². The Morgan fingerprint density at radius 3 is 1.32 bits per heavy atom. The highest BCUT2D eigenvalue weighted by Gasteiger charge is 2.34. The second-order valence-electron chi connectivity index (χ2n) is 20.8. The summed E-state index contributed by atoms with van der Waals surface area (Å²) in [6, 6.07) is 43.2. The summed E-state index contributed by atoms with van der Waals surface area (Å²) < 4.78 is 39.6. The molecule has 0 fully saturated rings. The molecule has 0 spiro atoms. The summed E-state index contributed by atoms with van der Waals surface area (Å²) in [5.74, 6) is 0.669. The van der Waals surface area contributed by atoms with Gasteiger partial charge in [-0.25, -0.2) is 4.99 Å². The molecule has 0 atom stereocenters. The molecule has 7 rings (SSSR count). The first-order valence-corrected chi connectivity index (χ1v) is 21.7. The van der Waals surface area contributed by atoms with Crippen LogP contribution in [0.2, 0.25) is 0 Å². The van der Waals surface area contributed by atoms with Crippen molar-refractivity contribution in [2.75, 3.05) is 7.11 Å². The molecule has 6 aromatic rings. The fourth-order valence-corrected chi connectivity index (χ4v) is 8.13. The largest absolute Gasteiger partial charge is 0.678 e. The number of methoxy groups -OCH3 is 1. The highest BCUT2D eigenvalue weighted by atomic mass is 19.2. The van der Waals surface area contributed by atoms with E-state index in [1.165, 1.54) is 15.6 Å². The molecule has 0 unspecified atom stereocenters. The van der Waals surface area contributed by atoms with Gasteiger partial charge in [0, 0.05) is 28.0 Å². The van der Waals surface area contributed by atoms with Crippen molar-refractivity contribution in [3.63, 3.8) is 0 Å². The third kappa shape index (κ3) is 9.07. The lowest BCUT2D eigenvalue weighted by atomic mass is 9.85. The maximum absolute atomic E-state index is 16.4. The summed E-state index contributed by atoms with van der Waals surface area (Å²) in [7, 11) is -1.25. The maximum Gasteiger partial charge on any atom is 0.678 e. The number of aliphatic imine (C=N–C) groups is 1. The Kier molecular flexibility index (Phi) is 11.8. The molecule has 0 N–H and O–H groups in total. The van der Waals surface area contributed by atoms with Crippen LogP contribution in [0.4, 0.5) is 8.63 Å².